The topological polar surface area (TPSA) is 47.0 Å². The minimum absolute atomic E-state index is 0.395. The van der Waals surface area contributed by atoms with Crippen LogP contribution in [0.3, 0.4) is 0 Å². The number of anilines is 1. The zero-order chi connectivity index (χ0) is 15.2. The van der Waals surface area contributed by atoms with Crippen LogP contribution in [0, 0.1) is 6.92 Å². The van der Waals surface area contributed by atoms with Gasteiger partial charge < -0.3 is 10.1 Å². The van der Waals surface area contributed by atoms with Crippen molar-refractivity contribution in [2.24, 2.45) is 0 Å². The molecule has 0 atom stereocenters. The standard InChI is InChI=1S/C16H20ClN3O/c1-4-7-14-19-15(18-3)11(2)16(20-14)21-10-12-8-5-6-9-13(12)17/h5-6,8-9H,4,7,10H2,1-3H3,(H,18,19,20). The Morgan fingerprint density at radius 3 is 2.67 bits per heavy atom. The van der Waals surface area contributed by atoms with Gasteiger partial charge in [0, 0.05) is 24.1 Å². The second-order valence-electron chi connectivity index (χ2n) is 4.80. The van der Waals surface area contributed by atoms with Crippen molar-refractivity contribution < 1.29 is 4.74 Å². The van der Waals surface area contributed by atoms with E-state index in [2.05, 4.69) is 22.2 Å². The van der Waals surface area contributed by atoms with E-state index in [0.717, 1.165) is 35.6 Å². The van der Waals surface area contributed by atoms with Crippen molar-refractivity contribution in [3.8, 4) is 5.88 Å². The maximum Gasteiger partial charge on any atom is 0.222 e. The number of aryl methyl sites for hydroxylation is 1. The van der Waals surface area contributed by atoms with Gasteiger partial charge in [-0.1, -0.05) is 36.7 Å². The molecule has 1 aromatic heterocycles. The summed E-state index contributed by atoms with van der Waals surface area (Å²) in [7, 11) is 1.85. The van der Waals surface area contributed by atoms with E-state index in [4.69, 9.17) is 16.3 Å². The van der Waals surface area contributed by atoms with Crippen molar-refractivity contribution >= 4 is 17.4 Å². The van der Waals surface area contributed by atoms with E-state index >= 15 is 0 Å². The van der Waals surface area contributed by atoms with Gasteiger partial charge >= 0.3 is 0 Å². The summed E-state index contributed by atoms with van der Waals surface area (Å²) >= 11 is 6.14. The predicted octanol–water partition coefficient (Wildman–Crippen LogP) is 4.01. The van der Waals surface area contributed by atoms with Gasteiger partial charge in [-0.2, -0.15) is 4.98 Å². The molecule has 0 unspecified atom stereocenters. The van der Waals surface area contributed by atoms with E-state index in [1.165, 1.54) is 0 Å². The van der Waals surface area contributed by atoms with Gasteiger partial charge in [-0.25, -0.2) is 4.98 Å². The largest absolute Gasteiger partial charge is 0.472 e. The first kappa shape index (κ1) is 15.6. The van der Waals surface area contributed by atoms with E-state index in [1.54, 1.807) is 0 Å². The zero-order valence-electron chi connectivity index (χ0n) is 12.6. The van der Waals surface area contributed by atoms with Crippen molar-refractivity contribution in [1.82, 2.24) is 9.97 Å². The highest BCUT2D eigenvalue weighted by molar-refractivity contribution is 6.31. The molecule has 2 aromatic rings. The van der Waals surface area contributed by atoms with Gasteiger partial charge in [0.15, 0.2) is 0 Å². The third-order valence-corrected chi connectivity index (χ3v) is 3.55. The Hall–Kier alpha value is -1.81. The van der Waals surface area contributed by atoms with Crippen LogP contribution in [0.5, 0.6) is 5.88 Å². The van der Waals surface area contributed by atoms with Crippen LogP contribution in [0.25, 0.3) is 0 Å². The van der Waals surface area contributed by atoms with Crippen molar-refractivity contribution in [1.29, 1.82) is 0 Å². The van der Waals surface area contributed by atoms with Crippen LogP contribution >= 0.6 is 11.6 Å². The Balaban J connectivity index is 2.22. The van der Waals surface area contributed by atoms with Gasteiger partial charge in [-0.15, -0.1) is 0 Å². The monoisotopic (exact) mass is 305 g/mol. The van der Waals surface area contributed by atoms with Gasteiger partial charge in [0.05, 0.1) is 5.56 Å². The summed E-state index contributed by atoms with van der Waals surface area (Å²) in [5, 5.41) is 3.79. The lowest BCUT2D eigenvalue weighted by Gasteiger charge is -2.13. The summed E-state index contributed by atoms with van der Waals surface area (Å²) in [6, 6.07) is 7.65. The molecule has 0 bridgehead atoms. The normalized spacial score (nSPS) is 10.5. The van der Waals surface area contributed by atoms with Crippen LogP contribution in [-0.4, -0.2) is 17.0 Å². The molecule has 1 aromatic carbocycles. The Morgan fingerprint density at radius 1 is 1.24 bits per heavy atom. The zero-order valence-corrected chi connectivity index (χ0v) is 13.4. The maximum atomic E-state index is 6.14. The number of rotatable bonds is 6. The van der Waals surface area contributed by atoms with Gasteiger partial charge in [0.2, 0.25) is 5.88 Å². The Kier molecular flexibility index (Phi) is 5.39. The van der Waals surface area contributed by atoms with Crippen LogP contribution in [0.15, 0.2) is 24.3 Å². The third kappa shape index (κ3) is 3.85. The summed E-state index contributed by atoms with van der Waals surface area (Å²) < 4.78 is 5.86. The minimum Gasteiger partial charge on any atom is -0.472 e. The highest BCUT2D eigenvalue weighted by Gasteiger charge is 2.11. The minimum atomic E-state index is 0.395. The Bertz CT molecular complexity index is 616. The Morgan fingerprint density at radius 2 is 2.00 bits per heavy atom. The average Bonchev–Trinajstić information content (AvgIpc) is 2.49. The maximum absolute atomic E-state index is 6.14. The highest BCUT2D eigenvalue weighted by atomic mass is 35.5. The third-order valence-electron chi connectivity index (χ3n) is 3.18. The van der Waals surface area contributed by atoms with Crippen molar-refractivity contribution in [2.75, 3.05) is 12.4 Å². The van der Waals surface area contributed by atoms with Crippen LogP contribution in [0.2, 0.25) is 5.02 Å². The molecule has 0 aliphatic rings. The summed E-state index contributed by atoms with van der Waals surface area (Å²) in [5.74, 6) is 2.21. The van der Waals surface area contributed by atoms with Gasteiger partial charge in [-0.05, 0) is 19.4 Å². The number of hydrogen-bond acceptors (Lipinski definition) is 4. The van der Waals surface area contributed by atoms with E-state index in [-0.39, 0.29) is 0 Å². The lowest BCUT2D eigenvalue weighted by Crippen LogP contribution is -2.07. The number of nitrogens with one attached hydrogen (secondary N) is 1. The molecule has 0 amide bonds. The number of benzene rings is 1. The second-order valence-corrected chi connectivity index (χ2v) is 5.21. The van der Waals surface area contributed by atoms with E-state index in [0.29, 0.717) is 17.5 Å². The molecular formula is C16H20ClN3O. The molecule has 5 heteroatoms. The lowest BCUT2D eigenvalue weighted by molar-refractivity contribution is 0.290. The highest BCUT2D eigenvalue weighted by Crippen LogP contribution is 2.24. The molecule has 0 aliphatic carbocycles. The molecular weight excluding hydrogens is 286 g/mol. The Labute approximate surface area is 130 Å². The molecule has 2 rings (SSSR count). The molecule has 0 saturated carbocycles. The summed E-state index contributed by atoms with van der Waals surface area (Å²) in [6.07, 6.45) is 1.83. The smallest absolute Gasteiger partial charge is 0.222 e. The van der Waals surface area contributed by atoms with Gasteiger partial charge in [-0.3, -0.25) is 0 Å². The molecule has 1 heterocycles. The number of nitrogens with zero attached hydrogens (tertiary/aromatic N) is 2. The van der Waals surface area contributed by atoms with Gasteiger partial charge in [0.25, 0.3) is 0 Å². The first-order valence-corrected chi connectivity index (χ1v) is 7.45. The number of ether oxygens (including phenoxy) is 1. The number of aromatic nitrogens is 2. The predicted molar refractivity (Wildman–Crippen MR) is 86.1 cm³/mol. The molecule has 0 saturated heterocycles. The van der Waals surface area contributed by atoms with Crippen LogP contribution < -0.4 is 10.1 Å². The molecule has 0 spiro atoms. The second kappa shape index (κ2) is 7.27. The molecule has 0 aliphatic heterocycles. The quantitative estimate of drug-likeness (QED) is 0.876. The van der Waals surface area contributed by atoms with Crippen LogP contribution in [-0.2, 0) is 13.0 Å². The van der Waals surface area contributed by atoms with E-state index in [1.807, 2.05) is 38.2 Å². The lowest BCUT2D eigenvalue weighted by atomic mass is 10.2. The van der Waals surface area contributed by atoms with Crippen LogP contribution in [0.1, 0.15) is 30.3 Å². The SMILES string of the molecule is CCCc1nc(NC)c(C)c(OCc2ccccc2Cl)n1. The fourth-order valence-corrected chi connectivity index (χ4v) is 2.21. The molecule has 0 radical (unpaired) electrons. The molecule has 4 nitrogen and oxygen atoms in total. The molecule has 21 heavy (non-hydrogen) atoms. The van der Waals surface area contributed by atoms with Crippen LogP contribution in [0.4, 0.5) is 5.82 Å². The average molecular weight is 306 g/mol. The molecule has 0 fully saturated rings. The van der Waals surface area contributed by atoms with Gasteiger partial charge in [0.1, 0.15) is 18.2 Å². The first-order chi connectivity index (χ1) is 10.2. The first-order valence-electron chi connectivity index (χ1n) is 7.07. The van der Waals surface area contributed by atoms with Crippen molar-refractivity contribution in [3.05, 3.63) is 46.2 Å². The fourth-order valence-electron chi connectivity index (χ4n) is 2.02. The summed E-state index contributed by atoms with van der Waals surface area (Å²) in [6.45, 7) is 4.45. The van der Waals surface area contributed by atoms with Crippen molar-refractivity contribution in [2.45, 2.75) is 33.3 Å². The molecule has 1 N–H and O–H groups in total. The fraction of sp³-hybridized carbons (Fsp3) is 0.375. The number of hydrogen-bond donors (Lipinski definition) is 1. The molecule has 112 valence electrons. The summed E-state index contributed by atoms with van der Waals surface area (Å²) in [5.41, 5.74) is 1.85. The summed E-state index contributed by atoms with van der Waals surface area (Å²) in [4.78, 5) is 8.98. The van der Waals surface area contributed by atoms with E-state index in [9.17, 15) is 0 Å². The van der Waals surface area contributed by atoms with Crippen molar-refractivity contribution in [3.63, 3.8) is 0 Å². The van der Waals surface area contributed by atoms with E-state index < -0.39 is 0 Å². The number of halogens is 1.